The number of rotatable bonds is 5. The van der Waals surface area contributed by atoms with Crippen molar-refractivity contribution in [1.82, 2.24) is 5.32 Å². The first-order chi connectivity index (χ1) is 5.90. The Morgan fingerprint density at radius 1 is 1.38 bits per heavy atom. The van der Waals surface area contributed by atoms with Crippen LogP contribution in [0.25, 0.3) is 0 Å². The van der Waals surface area contributed by atoms with Gasteiger partial charge in [-0.3, -0.25) is 9.59 Å². The van der Waals surface area contributed by atoms with Gasteiger partial charge in [-0.2, -0.15) is 0 Å². The lowest BCUT2D eigenvalue weighted by Gasteiger charge is -2.20. The minimum Gasteiger partial charge on any atom is -0.355 e. The Labute approximate surface area is 78.9 Å². The highest BCUT2D eigenvalue weighted by atomic mass is 16.2. The summed E-state index contributed by atoms with van der Waals surface area (Å²) in [6, 6.07) is 0. The molecule has 0 heterocycles. The normalized spacial score (nSPS) is 11.1. The van der Waals surface area contributed by atoms with Crippen LogP contribution < -0.4 is 11.1 Å². The van der Waals surface area contributed by atoms with E-state index in [4.69, 9.17) is 5.73 Å². The Kier molecular flexibility index (Phi) is 4.62. The molecule has 0 atom stereocenters. The van der Waals surface area contributed by atoms with Gasteiger partial charge in [0.1, 0.15) is 5.78 Å². The van der Waals surface area contributed by atoms with Gasteiger partial charge in [-0.05, 0) is 20.8 Å². The number of carbonyl (C=O) groups is 2. The molecule has 76 valence electrons. The molecule has 0 aromatic rings. The van der Waals surface area contributed by atoms with Crippen molar-refractivity contribution < 1.29 is 9.59 Å². The quantitative estimate of drug-likeness (QED) is 0.638. The van der Waals surface area contributed by atoms with Crippen LogP contribution in [0, 0.1) is 5.41 Å². The SMILES string of the molecule is CC(=O)CCNC(=O)C(C)(C)CN. The summed E-state index contributed by atoms with van der Waals surface area (Å²) in [5, 5.41) is 2.67. The van der Waals surface area contributed by atoms with E-state index in [-0.39, 0.29) is 11.7 Å². The zero-order chi connectivity index (χ0) is 10.5. The molecule has 0 saturated heterocycles. The maximum Gasteiger partial charge on any atom is 0.226 e. The summed E-state index contributed by atoms with van der Waals surface area (Å²) < 4.78 is 0. The van der Waals surface area contributed by atoms with Gasteiger partial charge in [0.05, 0.1) is 5.41 Å². The fraction of sp³-hybridized carbons (Fsp3) is 0.778. The number of nitrogens with one attached hydrogen (secondary N) is 1. The Morgan fingerprint density at radius 3 is 2.31 bits per heavy atom. The molecule has 3 N–H and O–H groups in total. The third kappa shape index (κ3) is 4.62. The van der Waals surface area contributed by atoms with Crippen LogP contribution in [-0.2, 0) is 9.59 Å². The van der Waals surface area contributed by atoms with Crippen LogP contribution in [0.5, 0.6) is 0 Å². The summed E-state index contributed by atoms with van der Waals surface area (Å²) in [5.41, 5.74) is 4.87. The minimum absolute atomic E-state index is 0.0749. The van der Waals surface area contributed by atoms with Crippen LogP contribution in [0.15, 0.2) is 0 Å². The number of hydrogen-bond acceptors (Lipinski definition) is 3. The monoisotopic (exact) mass is 186 g/mol. The number of Topliss-reactive ketones (excluding diaryl/α,β-unsaturated/α-hetero) is 1. The predicted molar refractivity (Wildman–Crippen MR) is 51.1 cm³/mol. The van der Waals surface area contributed by atoms with Gasteiger partial charge < -0.3 is 11.1 Å². The highest BCUT2D eigenvalue weighted by molar-refractivity contribution is 5.83. The fourth-order valence-electron chi connectivity index (χ4n) is 0.684. The molecule has 0 aromatic carbocycles. The fourth-order valence-corrected chi connectivity index (χ4v) is 0.684. The highest BCUT2D eigenvalue weighted by Gasteiger charge is 2.24. The first kappa shape index (κ1) is 12.1. The lowest BCUT2D eigenvalue weighted by atomic mass is 9.93. The molecule has 0 aliphatic rings. The van der Waals surface area contributed by atoms with E-state index in [0.717, 1.165) is 0 Å². The number of carbonyl (C=O) groups excluding carboxylic acids is 2. The van der Waals surface area contributed by atoms with Gasteiger partial charge in [0.25, 0.3) is 0 Å². The van der Waals surface area contributed by atoms with Crippen molar-refractivity contribution in [2.45, 2.75) is 27.2 Å². The van der Waals surface area contributed by atoms with E-state index < -0.39 is 5.41 Å². The third-order valence-electron chi connectivity index (χ3n) is 1.89. The van der Waals surface area contributed by atoms with Gasteiger partial charge in [0.15, 0.2) is 0 Å². The predicted octanol–water partition coefficient (Wildman–Crippen LogP) is 0.0666. The molecule has 0 saturated carbocycles. The molecule has 13 heavy (non-hydrogen) atoms. The van der Waals surface area contributed by atoms with Crippen LogP contribution in [0.4, 0.5) is 0 Å². The molecule has 0 fully saturated rings. The zero-order valence-electron chi connectivity index (χ0n) is 8.52. The van der Waals surface area contributed by atoms with Crippen LogP contribution >= 0.6 is 0 Å². The number of nitrogens with two attached hydrogens (primary N) is 1. The summed E-state index contributed by atoms with van der Waals surface area (Å²) in [6.07, 6.45) is 0.381. The zero-order valence-corrected chi connectivity index (χ0v) is 8.52. The van der Waals surface area contributed by atoms with Crippen molar-refractivity contribution in [3.05, 3.63) is 0 Å². The van der Waals surface area contributed by atoms with Gasteiger partial charge >= 0.3 is 0 Å². The molecule has 0 aromatic heterocycles. The maximum absolute atomic E-state index is 11.4. The molecule has 0 bridgehead atoms. The van der Waals surface area contributed by atoms with Gasteiger partial charge in [-0.1, -0.05) is 0 Å². The van der Waals surface area contributed by atoms with E-state index >= 15 is 0 Å². The molecule has 0 rings (SSSR count). The molecule has 0 unspecified atom stereocenters. The Morgan fingerprint density at radius 2 is 1.92 bits per heavy atom. The van der Waals surface area contributed by atoms with E-state index in [0.29, 0.717) is 19.5 Å². The minimum atomic E-state index is -0.545. The van der Waals surface area contributed by atoms with Crippen molar-refractivity contribution >= 4 is 11.7 Å². The lowest BCUT2D eigenvalue weighted by Crippen LogP contribution is -2.42. The molecule has 4 heteroatoms. The summed E-state index contributed by atoms with van der Waals surface area (Å²) in [5.74, 6) is -0.0258. The standard InChI is InChI=1S/C9H18N2O2/c1-7(12)4-5-11-8(13)9(2,3)6-10/h4-6,10H2,1-3H3,(H,11,13). The van der Waals surface area contributed by atoms with Crippen molar-refractivity contribution in [1.29, 1.82) is 0 Å². The molecule has 0 aliphatic heterocycles. The van der Waals surface area contributed by atoms with Crippen molar-refractivity contribution in [2.75, 3.05) is 13.1 Å². The van der Waals surface area contributed by atoms with E-state index in [1.54, 1.807) is 13.8 Å². The first-order valence-corrected chi connectivity index (χ1v) is 4.38. The van der Waals surface area contributed by atoms with E-state index in [1.807, 2.05) is 0 Å². The van der Waals surface area contributed by atoms with Crippen LogP contribution in [-0.4, -0.2) is 24.8 Å². The molecule has 0 aliphatic carbocycles. The Balaban J connectivity index is 3.81. The van der Waals surface area contributed by atoms with Crippen LogP contribution in [0.2, 0.25) is 0 Å². The first-order valence-electron chi connectivity index (χ1n) is 4.38. The van der Waals surface area contributed by atoms with Gasteiger partial charge in [0.2, 0.25) is 5.91 Å². The molecule has 4 nitrogen and oxygen atoms in total. The number of hydrogen-bond donors (Lipinski definition) is 2. The van der Waals surface area contributed by atoms with Crippen molar-refractivity contribution in [3.63, 3.8) is 0 Å². The molecular formula is C9H18N2O2. The lowest BCUT2D eigenvalue weighted by molar-refractivity contribution is -0.128. The van der Waals surface area contributed by atoms with Crippen molar-refractivity contribution in [2.24, 2.45) is 11.1 Å². The molecule has 0 spiro atoms. The Hall–Kier alpha value is -0.900. The summed E-state index contributed by atoms with van der Waals surface area (Å²) in [4.78, 5) is 21.9. The van der Waals surface area contributed by atoms with Crippen LogP contribution in [0.3, 0.4) is 0 Å². The van der Waals surface area contributed by atoms with E-state index in [2.05, 4.69) is 5.32 Å². The second kappa shape index (κ2) is 4.97. The average Bonchev–Trinajstić information content (AvgIpc) is 2.03. The second-order valence-electron chi connectivity index (χ2n) is 3.80. The summed E-state index contributed by atoms with van der Waals surface area (Å²) >= 11 is 0. The van der Waals surface area contributed by atoms with Gasteiger partial charge in [-0.25, -0.2) is 0 Å². The van der Waals surface area contributed by atoms with E-state index in [9.17, 15) is 9.59 Å². The number of amides is 1. The largest absolute Gasteiger partial charge is 0.355 e. The maximum atomic E-state index is 11.4. The molecule has 0 radical (unpaired) electrons. The van der Waals surface area contributed by atoms with Crippen molar-refractivity contribution in [3.8, 4) is 0 Å². The smallest absolute Gasteiger partial charge is 0.226 e. The van der Waals surface area contributed by atoms with Gasteiger partial charge in [0, 0.05) is 19.5 Å². The third-order valence-corrected chi connectivity index (χ3v) is 1.89. The number of ketones is 1. The average molecular weight is 186 g/mol. The molecular weight excluding hydrogens is 168 g/mol. The topological polar surface area (TPSA) is 72.2 Å². The highest BCUT2D eigenvalue weighted by Crippen LogP contribution is 2.11. The van der Waals surface area contributed by atoms with E-state index in [1.165, 1.54) is 6.92 Å². The van der Waals surface area contributed by atoms with Crippen LogP contribution in [0.1, 0.15) is 27.2 Å². The van der Waals surface area contributed by atoms with Gasteiger partial charge in [-0.15, -0.1) is 0 Å². The molecule has 1 amide bonds. The summed E-state index contributed by atoms with van der Waals surface area (Å²) in [7, 11) is 0. The second-order valence-corrected chi connectivity index (χ2v) is 3.80. The Bertz CT molecular complexity index is 200. The summed E-state index contributed by atoms with van der Waals surface area (Å²) in [6.45, 7) is 5.75.